The molecule has 0 aliphatic carbocycles. The van der Waals surface area contributed by atoms with E-state index in [1.807, 2.05) is 30.3 Å². The number of para-hydroxylation sites is 1. The molecule has 2 aromatic rings. The molecule has 0 saturated carbocycles. The molecule has 0 radical (unpaired) electrons. The van der Waals surface area contributed by atoms with E-state index < -0.39 is 6.04 Å². The third-order valence-electron chi connectivity index (χ3n) is 4.21. The van der Waals surface area contributed by atoms with Gasteiger partial charge < -0.3 is 10.6 Å². The summed E-state index contributed by atoms with van der Waals surface area (Å²) in [5, 5.41) is 6.52. The minimum Gasteiger partial charge on any atom is -0.359 e. The third-order valence-corrected chi connectivity index (χ3v) is 4.21. The Morgan fingerprint density at radius 1 is 1.39 bits per heavy atom. The summed E-state index contributed by atoms with van der Waals surface area (Å²) < 4.78 is 0. The number of benzene rings is 1. The molecule has 0 bridgehead atoms. The minimum atomic E-state index is -0.435. The molecule has 1 aliphatic heterocycles. The van der Waals surface area contributed by atoms with Crippen molar-refractivity contribution in [3.63, 3.8) is 0 Å². The van der Waals surface area contributed by atoms with Gasteiger partial charge in [0.1, 0.15) is 0 Å². The van der Waals surface area contributed by atoms with E-state index in [0.717, 1.165) is 23.0 Å². The van der Waals surface area contributed by atoms with Crippen molar-refractivity contribution in [3.8, 4) is 0 Å². The number of hydrogen-bond donors (Lipinski definition) is 2. The smallest absolute Gasteiger partial charge is 0.237 e. The normalized spacial score (nSPS) is 18.7. The van der Waals surface area contributed by atoms with Crippen molar-refractivity contribution < 1.29 is 9.59 Å². The van der Waals surface area contributed by atoms with E-state index in [2.05, 4.69) is 20.5 Å². The Morgan fingerprint density at radius 2 is 2.22 bits per heavy atom. The Morgan fingerprint density at radius 3 is 3.04 bits per heavy atom. The number of pyridine rings is 1. The molecule has 1 fully saturated rings. The fourth-order valence-electron chi connectivity index (χ4n) is 2.96. The molecular formula is C17H20N4O2. The van der Waals surface area contributed by atoms with Gasteiger partial charge in [-0.25, -0.2) is 0 Å². The molecule has 3 rings (SSSR count). The van der Waals surface area contributed by atoms with Gasteiger partial charge >= 0.3 is 0 Å². The van der Waals surface area contributed by atoms with Crippen molar-refractivity contribution >= 4 is 22.7 Å². The van der Waals surface area contributed by atoms with Crippen LogP contribution in [-0.2, 0) is 16.1 Å². The molecule has 6 heteroatoms. The van der Waals surface area contributed by atoms with Crippen LogP contribution < -0.4 is 10.6 Å². The molecule has 23 heavy (non-hydrogen) atoms. The number of carbonyl (C=O) groups is 2. The number of nitrogens with zero attached hydrogens (tertiary/aromatic N) is 2. The van der Waals surface area contributed by atoms with Crippen molar-refractivity contribution in [2.24, 2.45) is 0 Å². The second kappa shape index (κ2) is 6.75. The summed E-state index contributed by atoms with van der Waals surface area (Å²) >= 11 is 0. The van der Waals surface area contributed by atoms with Crippen LogP contribution in [0.4, 0.5) is 0 Å². The van der Waals surface area contributed by atoms with Gasteiger partial charge in [-0.05, 0) is 17.7 Å². The average Bonchev–Trinajstić information content (AvgIpc) is 2.58. The molecule has 2 heterocycles. The van der Waals surface area contributed by atoms with Gasteiger partial charge in [0.25, 0.3) is 0 Å². The minimum absolute atomic E-state index is 0.0850. The molecule has 0 unspecified atom stereocenters. The van der Waals surface area contributed by atoms with Gasteiger partial charge in [-0.2, -0.15) is 0 Å². The number of fused-ring (bicyclic) bond motifs is 1. The lowest BCUT2D eigenvalue weighted by Crippen LogP contribution is -2.56. The summed E-state index contributed by atoms with van der Waals surface area (Å²) in [6, 6.07) is 9.50. The van der Waals surface area contributed by atoms with Gasteiger partial charge in [-0.3, -0.25) is 19.5 Å². The fraction of sp³-hybridized carbons (Fsp3) is 0.353. The lowest BCUT2D eigenvalue weighted by molar-refractivity contribution is -0.134. The summed E-state index contributed by atoms with van der Waals surface area (Å²) in [6.07, 6.45) is 1.96. The van der Waals surface area contributed by atoms with E-state index in [1.54, 1.807) is 13.2 Å². The Hall–Kier alpha value is -2.47. The topological polar surface area (TPSA) is 74.3 Å². The predicted molar refractivity (Wildman–Crippen MR) is 87.6 cm³/mol. The van der Waals surface area contributed by atoms with Gasteiger partial charge in [-0.15, -0.1) is 0 Å². The maximum atomic E-state index is 12.2. The van der Waals surface area contributed by atoms with Crippen molar-refractivity contribution in [3.05, 3.63) is 42.1 Å². The molecule has 1 saturated heterocycles. The largest absolute Gasteiger partial charge is 0.359 e. The van der Waals surface area contributed by atoms with Gasteiger partial charge in [0, 0.05) is 38.3 Å². The highest BCUT2D eigenvalue weighted by Gasteiger charge is 2.31. The Kier molecular flexibility index (Phi) is 4.52. The maximum absolute atomic E-state index is 12.2. The van der Waals surface area contributed by atoms with E-state index in [4.69, 9.17) is 0 Å². The van der Waals surface area contributed by atoms with Crippen LogP contribution in [0.25, 0.3) is 10.9 Å². The SMILES string of the molecule is CNC(=O)C[C@H]1C(=O)NCCN1Cc1ccnc2ccccc12. The molecule has 0 spiro atoms. The zero-order chi connectivity index (χ0) is 16.2. The predicted octanol–water partition coefficient (Wildman–Crippen LogP) is 0.671. The highest BCUT2D eigenvalue weighted by molar-refractivity contribution is 5.89. The zero-order valence-corrected chi connectivity index (χ0v) is 13.1. The first-order valence-electron chi connectivity index (χ1n) is 7.74. The number of amides is 2. The fourth-order valence-corrected chi connectivity index (χ4v) is 2.96. The van der Waals surface area contributed by atoms with Gasteiger partial charge in [0.15, 0.2) is 0 Å². The molecular weight excluding hydrogens is 292 g/mol. The van der Waals surface area contributed by atoms with Crippen LogP contribution >= 0.6 is 0 Å². The number of hydrogen-bond acceptors (Lipinski definition) is 4. The first kappa shape index (κ1) is 15.4. The Balaban J connectivity index is 1.86. The van der Waals surface area contributed by atoms with Crippen LogP contribution in [0, 0.1) is 0 Å². The molecule has 2 N–H and O–H groups in total. The summed E-state index contributed by atoms with van der Waals surface area (Å²) in [6.45, 7) is 1.95. The van der Waals surface area contributed by atoms with Crippen molar-refractivity contribution in [1.29, 1.82) is 0 Å². The quantitative estimate of drug-likeness (QED) is 0.870. The van der Waals surface area contributed by atoms with E-state index in [-0.39, 0.29) is 18.2 Å². The third kappa shape index (κ3) is 3.32. The first-order chi connectivity index (χ1) is 11.2. The summed E-state index contributed by atoms with van der Waals surface area (Å²) in [5.74, 6) is -0.213. The van der Waals surface area contributed by atoms with Crippen molar-refractivity contribution in [2.75, 3.05) is 20.1 Å². The van der Waals surface area contributed by atoms with Gasteiger partial charge in [0.05, 0.1) is 18.0 Å². The molecule has 120 valence electrons. The molecule has 1 aromatic heterocycles. The van der Waals surface area contributed by atoms with Crippen LogP contribution in [0.3, 0.4) is 0 Å². The standard InChI is InChI=1S/C17H20N4O2/c1-18-16(22)10-15-17(23)20-8-9-21(15)11-12-6-7-19-14-5-3-2-4-13(12)14/h2-7,15H,8-11H2,1H3,(H,18,22)(H,20,23)/t15-/m0/s1. The summed E-state index contributed by atoms with van der Waals surface area (Å²) in [7, 11) is 1.59. The van der Waals surface area contributed by atoms with Crippen LogP contribution in [0.2, 0.25) is 0 Å². The van der Waals surface area contributed by atoms with Crippen LogP contribution in [-0.4, -0.2) is 47.9 Å². The summed E-state index contributed by atoms with van der Waals surface area (Å²) in [4.78, 5) is 30.3. The Bertz CT molecular complexity index is 726. The second-order valence-corrected chi connectivity index (χ2v) is 5.64. The number of aromatic nitrogens is 1. The van der Waals surface area contributed by atoms with Crippen molar-refractivity contribution in [1.82, 2.24) is 20.5 Å². The maximum Gasteiger partial charge on any atom is 0.237 e. The molecule has 6 nitrogen and oxygen atoms in total. The number of piperazine rings is 1. The summed E-state index contributed by atoms with van der Waals surface area (Å²) in [5.41, 5.74) is 2.06. The molecule has 1 aliphatic rings. The van der Waals surface area contributed by atoms with Crippen LogP contribution in [0.1, 0.15) is 12.0 Å². The van der Waals surface area contributed by atoms with E-state index >= 15 is 0 Å². The average molecular weight is 312 g/mol. The number of rotatable bonds is 4. The van der Waals surface area contributed by atoms with Gasteiger partial charge in [0.2, 0.25) is 11.8 Å². The number of nitrogens with one attached hydrogen (secondary N) is 2. The van der Waals surface area contributed by atoms with Crippen molar-refractivity contribution in [2.45, 2.75) is 19.0 Å². The lowest BCUT2D eigenvalue weighted by Gasteiger charge is -2.34. The highest BCUT2D eigenvalue weighted by Crippen LogP contribution is 2.20. The highest BCUT2D eigenvalue weighted by atomic mass is 16.2. The van der Waals surface area contributed by atoms with Crippen LogP contribution in [0.15, 0.2) is 36.5 Å². The molecule has 1 aromatic carbocycles. The lowest BCUT2D eigenvalue weighted by atomic mass is 10.0. The zero-order valence-electron chi connectivity index (χ0n) is 13.1. The van der Waals surface area contributed by atoms with E-state index in [1.165, 1.54) is 0 Å². The van der Waals surface area contributed by atoms with E-state index in [0.29, 0.717) is 13.1 Å². The van der Waals surface area contributed by atoms with E-state index in [9.17, 15) is 9.59 Å². The monoisotopic (exact) mass is 312 g/mol. The number of carbonyl (C=O) groups excluding carboxylic acids is 2. The Labute approximate surface area is 134 Å². The second-order valence-electron chi connectivity index (χ2n) is 5.64. The molecule has 1 atom stereocenters. The first-order valence-corrected chi connectivity index (χ1v) is 7.74. The van der Waals surface area contributed by atoms with Gasteiger partial charge in [-0.1, -0.05) is 18.2 Å². The van der Waals surface area contributed by atoms with Crippen LogP contribution in [0.5, 0.6) is 0 Å². The molecule has 2 amide bonds.